The van der Waals surface area contributed by atoms with Crippen molar-refractivity contribution in [3.8, 4) is 0 Å². The maximum Gasteiger partial charge on any atom is 0.355 e. The highest BCUT2D eigenvalue weighted by Crippen LogP contribution is 2.26. The number of Topliss-reactive ketones (excluding diaryl/α,β-unsaturated/α-hetero) is 1. The monoisotopic (exact) mass is 486 g/mol. The molecule has 2 heterocycles. The summed E-state index contributed by atoms with van der Waals surface area (Å²) in [7, 11) is -4.00. The molecule has 0 atom stereocenters. The van der Waals surface area contributed by atoms with Gasteiger partial charge in [-0.2, -0.15) is 4.31 Å². The summed E-state index contributed by atoms with van der Waals surface area (Å²) in [5, 5.41) is 0. The molecule has 0 radical (unpaired) electrons. The van der Waals surface area contributed by atoms with Gasteiger partial charge >= 0.3 is 5.97 Å². The molecule has 0 unspecified atom stereocenters. The molecule has 0 amide bonds. The van der Waals surface area contributed by atoms with Crippen LogP contribution in [0.2, 0.25) is 0 Å². The van der Waals surface area contributed by atoms with Crippen LogP contribution in [0.4, 0.5) is 0 Å². The van der Waals surface area contributed by atoms with E-state index < -0.39 is 28.3 Å². The van der Waals surface area contributed by atoms with Crippen LogP contribution in [0.15, 0.2) is 52.0 Å². The van der Waals surface area contributed by atoms with Crippen LogP contribution in [0.3, 0.4) is 0 Å². The van der Waals surface area contributed by atoms with Crippen LogP contribution in [0.1, 0.15) is 57.3 Å². The minimum atomic E-state index is -4.00. The van der Waals surface area contributed by atoms with Gasteiger partial charge in [0.1, 0.15) is 11.5 Å². The molecule has 0 aliphatic rings. The second-order valence-electron chi connectivity index (χ2n) is 7.99. The second-order valence-corrected chi connectivity index (χ2v) is 9.93. The van der Waals surface area contributed by atoms with Crippen LogP contribution < -0.4 is 0 Å². The van der Waals surface area contributed by atoms with E-state index in [-0.39, 0.29) is 18.0 Å². The zero-order valence-corrected chi connectivity index (χ0v) is 20.9. The summed E-state index contributed by atoms with van der Waals surface area (Å²) in [6.07, 6.45) is 1.45. The topological polar surface area (TPSA) is 98.8 Å². The van der Waals surface area contributed by atoms with Gasteiger partial charge < -0.3 is 13.7 Å². The predicted molar refractivity (Wildman–Crippen MR) is 127 cm³/mol. The van der Waals surface area contributed by atoms with E-state index in [0.29, 0.717) is 34.8 Å². The van der Waals surface area contributed by atoms with Crippen LogP contribution in [-0.2, 0) is 27.8 Å². The van der Waals surface area contributed by atoms with Crippen LogP contribution in [0.5, 0.6) is 0 Å². The molecular formula is C25H30N2O6S. The molecule has 0 saturated heterocycles. The fourth-order valence-electron chi connectivity index (χ4n) is 4.06. The summed E-state index contributed by atoms with van der Waals surface area (Å²) < 4.78 is 40.3. The van der Waals surface area contributed by atoms with Gasteiger partial charge in [0.15, 0.2) is 5.78 Å². The van der Waals surface area contributed by atoms with Crippen LogP contribution in [0, 0.1) is 20.8 Å². The highest BCUT2D eigenvalue weighted by Gasteiger charge is 2.32. The molecule has 0 spiro atoms. The molecule has 2 aromatic heterocycles. The summed E-state index contributed by atoms with van der Waals surface area (Å²) >= 11 is 0. The Hall–Kier alpha value is -3.17. The summed E-state index contributed by atoms with van der Waals surface area (Å²) in [5.41, 5.74) is 2.64. The van der Waals surface area contributed by atoms with Gasteiger partial charge in [-0.15, -0.1) is 0 Å². The third-order valence-electron chi connectivity index (χ3n) is 5.72. The fourth-order valence-corrected chi connectivity index (χ4v) is 5.43. The average molecular weight is 487 g/mol. The first-order valence-corrected chi connectivity index (χ1v) is 12.5. The number of sulfonamides is 1. The molecule has 0 saturated carbocycles. The number of carbonyl (C=O) groups excluding carboxylic acids is 2. The Morgan fingerprint density at radius 2 is 1.74 bits per heavy atom. The van der Waals surface area contributed by atoms with Gasteiger partial charge in [-0.25, -0.2) is 13.2 Å². The van der Waals surface area contributed by atoms with E-state index in [0.717, 1.165) is 9.87 Å². The number of hydrogen-bond donors (Lipinski definition) is 0. The van der Waals surface area contributed by atoms with E-state index in [1.807, 2.05) is 13.8 Å². The van der Waals surface area contributed by atoms with E-state index in [2.05, 4.69) is 0 Å². The number of furan rings is 1. The Kier molecular flexibility index (Phi) is 7.78. The SMILES string of the molecule is CCOC(=O)c1c(C)c(C(=O)CN(Cc2ccco2)S(=O)(=O)c2ccc(C)cc2)c(C)n1CC. The number of aryl methyl sites for hydroxylation is 1. The molecule has 34 heavy (non-hydrogen) atoms. The first-order valence-electron chi connectivity index (χ1n) is 11.1. The lowest BCUT2D eigenvalue weighted by molar-refractivity contribution is 0.0512. The Morgan fingerprint density at radius 1 is 1.06 bits per heavy atom. The number of rotatable bonds is 10. The third-order valence-corrected chi connectivity index (χ3v) is 7.53. The number of ketones is 1. The van der Waals surface area contributed by atoms with Crippen LogP contribution >= 0.6 is 0 Å². The molecule has 0 aliphatic carbocycles. The molecule has 9 heteroatoms. The molecule has 3 aromatic rings. The maximum absolute atomic E-state index is 13.5. The molecule has 3 rings (SSSR count). The first-order chi connectivity index (χ1) is 16.1. The highest BCUT2D eigenvalue weighted by atomic mass is 32.2. The summed E-state index contributed by atoms with van der Waals surface area (Å²) in [5.74, 6) is -0.506. The lowest BCUT2D eigenvalue weighted by atomic mass is 10.1. The molecule has 0 aliphatic heterocycles. The number of aromatic nitrogens is 1. The Bertz CT molecular complexity index is 1270. The Morgan fingerprint density at radius 3 is 2.29 bits per heavy atom. The van der Waals surface area contributed by atoms with E-state index >= 15 is 0 Å². The van der Waals surface area contributed by atoms with Gasteiger partial charge in [-0.1, -0.05) is 17.7 Å². The number of esters is 1. The molecule has 1 aromatic carbocycles. The van der Waals surface area contributed by atoms with Gasteiger partial charge in [0.25, 0.3) is 0 Å². The quantitative estimate of drug-likeness (QED) is 0.313. The second kappa shape index (κ2) is 10.4. The Balaban J connectivity index is 2.03. The molecular weight excluding hydrogens is 456 g/mol. The molecule has 0 N–H and O–H groups in total. The van der Waals surface area contributed by atoms with Crippen molar-refractivity contribution in [1.82, 2.24) is 8.87 Å². The largest absolute Gasteiger partial charge is 0.468 e. The molecule has 182 valence electrons. The van der Waals surface area contributed by atoms with Gasteiger partial charge in [-0.3, -0.25) is 4.79 Å². The average Bonchev–Trinajstić information content (AvgIpc) is 3.38. The summed E-state index contributed by atoms with van der Waals surface area (Å²) in [4.78, 5) is 26.2. The molecule has 8 nitrogen and oxygen atoms in total. The maximum atomic E-state index is 13.5. The van der Waals surface area contributed by atoms with Crippen molar-refractivity contribution < 1.29 is 27.2 Å². The summed E-state index contributed by atoms with van der Waals surface area (Å²) in [6, 6.07) is 9.78. The van der Waals surface area contributed by atoms with Gasteiger partial charge in [0.05, 0.1) is 30.9 Å². The molecule has 0 bridgehead atoms. The number of hydrogen-bond acceptors (Lipinski definition) is 6. The standard InChI is InChI=1S/C25H30N2O6S/c1-6-27-19(5)23(18(4)24(27)25(29)32-7-2)22(28)16-26(15-20-9-8-14-33-20)34(30,31)21-12-10-17(3)11-13-21/h8-14H,6-7,15-16H2,1-5H3. The van der Waals surface area contributed by atoms with E-state index in [1.165, 1.54) is 18.4 Å². The highest BCUT2D eigenvalue weighted by molar-refractivity contribution is 7.89. The number of ether oxygens (including phenoxy) is 1. The number of benzene rings is 1. The van der Waals surface area contributed by atoms with Crippen molar-refractivity contribution in [2.75, 3.05) is 13.2 Å². The lowest BCUT2D eigenvalue weighted by Crippen LogP contribution is -2.35. The van der Waals surface area contributed by atoms with E-state index in [1.54, 1.807) is 49.6 Å². The molecule has 0 fully saturated rings. The smallest absolute Gasteiger partial charge is 0.355 e. The Labute approximate surface area is 200 Å². The van der Waals surface area contributed by atoms with Crippen molar-refractivity contribution in [2.45, 2.75) is 52.6 Å². The minimum absolute atomic E-state index is 0.0873. The fraction of sp³-hybridized carbons (Fsp3) is 0.360. The first kappa shape index (κ1) is 25.5. The van der Waals surface area contributed by atoms with Gasteiger partial charge in [-0.05, 0) is 64.4 Å². The summed E-state index contributed by atoms with van der Waals surface area (Å²) in [6.45, 7) is 9.05. The third kappa shape index (κ3) is 5.00. The van der Waals surface area contributed by atoms with Crippen molar-refractivity contribution >= 4 is 21.8 Å². The van der Waals surface area contributed by atoms with Crippen molar-refractivity contribution in [3.63, 3.8) is 0 Å². The van der Waals surface area contributed by atoms with Crippen molar-refractivity contribution in [1.29, 1.82) is 0 Å². The normalized spacial score (nSPS) is 11.7. The van der Waals surface area contributed by atoms with Crippen LogP contribution in [-0.4, -0.2) is 42.2 Å². The predicted octanol–water partition coefficient (Wildman–Crippen LogP) is 4.28. The van der Waals surface area contributed by atoms with Crippen molar-refractivity contribution in [3.05, 3.63) is 76.5 Å². The van der Waals surface area contributed by atoms with E-state index in [4.69, 9.17) is 9.15 Å². The number of nitrogens with zero attached hydrogens (tertiary/aromatic N) is 2. The lowest BCUT2D eigenvalue weighted by Gasteiger charge is -2.21. The zero-order chi connectivity index (χ0) is 25.0. The van der Waals surface area contributed by atoms with Gasteiger partial charge in [0, 0.05) is 17.8 Å². The van der Waals surface area contributed by atoms with Gasteiger partial charge in [0.2, 0.25) is 10.0 Å². The van der Waals surface area contributed by atoms with Crippen LogP contribution in [0.25, 0.3) is 0 Å². The van der Waals surface area contributed by atoms with Crippen molar-refractivity contribution in [2.24, 2.45) is 0 Å². The zero-order valence-electron chi connectivity index (χ0n) is 20.1. The minimum Gasteiger partial charge on any atom is -0.468 e. The number of carbonyl (C=O) groups is 2. The van der Waals surface area contributed by atoms with E-state index in [9.17, 15) is 18.0 Å².